The van der Waals surface area contributed by atoms with Crippen LogP contribution in [0.25, 0.3) is 0 Å². The smallest absolute Gasteiger partial charge is 0.104 e. The first-order valence-corrected chi connectivity index (χ1v) is 5.41. The highest BCUT2D eigenvalue weighted by Crippen LogP contribution is 2.32. The molecule has 1 saturated heterocycles. The van der Waals surface area contributed by atoms with E-state index in [2.05, 4.69) is 5.32 Å². The van der Waals surface area contributed by atoms with Crippen molar-refractivity contribution < 1.29 is 5.11 Å². The molecule has 1 heterocycles. The number of β-amino-alcohol motifs (C(OH)–C–C–N with tert-alkyl or cyclic N) is 1. The van der Waals surface area contributed by atoms with Gasteiger partial charge in [-0.1, -0.05) is 12.1 Å². The first-order chi connectivity index (χ1) is 7.12. The fourth-order valence-corrected chi connectivity index (χ4v) is 2.23. The van der Waals surface area contributed by atoms with Crippen LogP contribution >= 0.6 is 0 Å². The molecule has 1 unspecified atom stereocenters. The van der Waals surface area contributed by atoms with E-state index in [1.807, 2.05) is 25.1 Å². The van der Waals surface area contributed by atoms with Crippen LogP contribution in [-0.4, -0.2) is 18.2 Å². The van der Waals surface area contributed by atoms with Gasteiger partial charge < -0.3 is 16.2 Å². The van der Waals surface area contributed by atoms with Gasteiger partial charge in [0.25, 0.3) is 0 Å². The molecule has 0 aromatic heterocycles. The van der Waals surface area contributed by atoms with Crippen LogP contribution < -0.4 is 11.1 Å². The number of hydrogen-bond acceptors (Lipinski definition) is 3. The maximum absolute atomic E-state index is 10.5. The number of nitrogens with two attached hydrogens (primary N) is 1. The van der Waals surface area contributed by atoms with Gasteiger partial charge in [0.2, 0.25) is 0 Å². The normalized spacial score (nSPS) is 26.5. The summed E-state index contributed by atoms with van der Waals surface area (Å²) < 4.78 is 0. The molecule has 0 spiro atoms. The Morgan fingerprint density at radius 1 is 1.47 bits per heavy atom. The molecule has 3 nitrogen and oxygen atoms in total. The Morgan fingerprint density at radius 2 is 2.27 bits per heavy atom. The van der Waals surface area contributed by atoms with E-state index in [0.29, 0.717) is 12.2 Å². The molecular formula is C12H18N2O. The average Bonchev–Trinajstić information content (AvgIpc) is 2.18. The molecule has 0 radical (unpaired) electrons. The van der Waals surface area contributed by atoms with Crippen LogP contribution in [0.4, 0.5) is 5.69 Å². The van der Waals surface area contributed by atoms with Crippen LogP contribution in [0.2, 0.25) is 0 Å². The van der Waals surface area contributed by atoms with Gasteiger partial charge in [-0.3, -0.25) is 0 Å². The van der Waals surface area contributed by atoms with Crippen LogP contribution in [0.1, 0.15) is 24.0 Å². The minimum absolute atomic E-state index is 0.597. The number of anilines is 1. The zero-order chi connectivity index (χ0) is 10.9. The number of nitrogens with one attached hydrogen (secondary N) is 1. The number of benzene rings is 1. The average molecular weight is 206 g/mol. The van der Waals surface area contributed by atoms with Crippen molar-refractivity contribution in [3.63, 3.8) is 0 Å². The highest BCUT2D eigenvalue weighted by atomic mass is 16.3. The van der Waals surface area contributed by atoms with Crippen molar-refractivity contribution in [2.24, 2.45) is 0 Å². The highest BCUT2D eigenvalue weighted by Gasteiger charge is 2.32. The Bertz CT molecular complexity index is 357. The largest absolute Gasteiger partial charge is 0.398 e. The number of piperidine rings is 1. The molecule has 15 heavy (non-hydrogen) atoms. The Hall–Kier alpha value is -1.06. The number of nitrogen functional groups attached to an aromatic ring is 1. The Morgan fingerprint density at radius 3 is 2.87 bits per heavy atom. The van der Waals surface area contributed by atoms with Crippen LogP contribution in [-0.2, 0) is 5.60 Å². The van der Waals surface area contributed by atoms with E-state index in [-0.39, 0.29) is 0 Å². The van der Waals surface area contributed by atoms with Gasteiger partial charge >= 0.3 is 0 Å². The minimum Gasteiger partial charge on any atom is -0.398 e. The summed E-state index contributed by atoms with van der Waals surface area (Å²) >= 11 is 0. The van der Waals surface area contributed by atoms with Gasteiger partial charge in [0.15, 0.2) is 0 Å². The summed E-state index contributed by atoms with van der Waals surface area (Å²) in [5.41, 5.74) is 7.85. The van der Waals surface area contributed by atoms with Crippen molar-refractivity contribution in [1.82, 2.24) is 5.32 Å². The third kappa shape index (κ3) is 1.98. The van der Waals surface area contributed by atoms with Crippen molar-refractivity contribution in [3.05, 3.63) is 29.3 Å². The maximum Gasteiger partial charge on any atom is 0.104 e. The molecule has 0 aliphatic carbocycles. The van der Waals surface area contributed by atoms with Gasteiger partial charge in [-0.25, -0.2) is 0 Å². The van der Waals surface area contributed by atoms with Crippen LogP contribution in [0, 0.1) is 6.92 Å². The zero-order valence-electron chi connectivity index (χ0n) is 9.09. The third-order valence-corrected chi connectivity index (χ3v) is 3.07. The summed E-state index contributed by atoms with van der Waals surface area (Å²) in [5.74, 6) is 0. The predicted octanol–water partition coefficient (Wildman–Crippen LogP) is 1.15. The third-order valence-electron chi connectivity index (χ3n) is 3.07. The molecule has 1 aliphatic heterocycles. The standard InChI is InChI=1S/C12H18N2O/c1-9-3-4-10(11(13)7-9)12(15)5-2-6-14-8-12/h3-4,7,14-15H,2,5-6,8,13H2,1H3. The molecule has 3 heteroatoms. The molecule has 1 aliphatic rings. The van der Waals surface area contributed by atoms with Crippen molar-refractivity contribution in [2.45, 2.75) is 25.4 Å². The van der Waals surface area contributed by atoms with Crippen molar-refractivity contribution in [2.75, 3.05) is 18.8 Å². The van der Waals surface area contributed by atoms with Gasteiger partial charge in [0, 0.05) is 17.8 Å². The summed E-state index contributed by atoms with van der Waals surface area (Å²) in [6.45, 7) is 3.58. The topological polar surface area (TPSA) is 58.3 Å². The first-order valence-electron chi connectivity index (χ1n) is 5.41. The van der Waals surface area contributed by atoms with Crippen LogP contribution in [0.15, 0.2) is 18.2 Å². The molecule has 2 rings (SSSR count). The van der Waals surface area contributed by atoms with Gasteiger partial charge in [-0.15, -0.1) is 0 Å². The lowest BCUT2D eigenvalue weighted by Gasteiger charge is -2.34. The van der Waals surface area contributed by atoms with E-state index >= 15 is 0 Å². The molecule has 1 fully saturated rings. The first kappa shape index (κ1) is 10.5. The van der Waals surface area contributed by atoms with Crippen LogP contribution in [0.3, 0.4) is 0 Å². The molecule has 0 bridgehead atoms. The van der Waals surface area contributed by atoms with Crippen LogP contribution in [0.5, 0.6) is 0 Å². The van der Waals surface area contributed by atoms with Gasteiger partial charge in [-0.05, 0) is 37.9 Å². The Balaban J connectivity index is 2.35. The number of rotatable bonds is 1. The SMILES string of the molecule is Cc1ccc(C2(O)CCCNC2)c(N)c1. The molecular weight excluding hydrogens is 188 g/mol. The maximum atomic E-state index is 10.5. The second-order valence-electron chi connectivity index (χ2n) is 4.40. The van der Waals surface area contributed by atoms with Gasteiger partial charge in [0.1, 0.15) is 5.60 Å². The number of aliphatic hydroxyl groups is 1. The molecule has 82 valence electrons. The van der Waals surface area contributed by atoms with E-state index < -0.39 is 5.60 Å². The molecule has 4 N–H and O–H groups in total. The molecule has 0 amide bonds. The lowest BCUT2D eigenvalue weighted by Crippen LogP contribution is -2.43. The van der Waals surface area contributed by atoms with Gasteiger partial charge in [0.05, 0.1) is 0 Å². The predicted molar refractivity (Wildman–Crippen MR) is 61.6 cm³/mol. The van der Waals surface area contributed by atoms with E-state index in [0.717, 1.165) is 30.5 Å². The van der Waals surface area contributed by atoms with Gasteiger partial charge in [-0.2, -0.15) is 0 Å². The van der Waals surface area contributed by atoms with E-state index in [9.17, 15) is 5.11 Å². The number of hydrogen-bond donors (Lipinski definition) is 3. The van der Waals surface area contributed by atoms with Crippen molar-refractivity contribution in [1.29, 1.82) is 0 Å². The minimum atomic E-state index is -0.782. The number of aryl methyl sites for hydroxylation is 1. The summed E-state index contributed by atoms with van der Waals surface area (Å²) in [6.07, 6.45) is 1.77. The fraction of sp³-hybridized carbons (Fsp3) is 0.500. The highest BCUT2D eigenvalue weighted by molar-refractivity contribution is 5.52. The molecule has 0 saturated carbocycles. The quantitative estimate of drug-likeness (QED) is 0.604. The van der Waals surface area contributed by atoms with E-state index in [1.54, 1.807) is 0 Å². The second-order valence-corrected chi connectivity index (χ2v) is 4.40. The van der Waals surface area contributed by atoms with Crippen molar-refractivity contribution in [3.8, 4) is 0 Å². The summed E-state index contributed by atoms with van der Waals surface area (Å²) in [7, 11) is 0. The second kappa shape index (κ2) is 3.83. The Labute approximate surface area is 90.3 Å². The lowest BCUT2D eigenvalue weighted by atomic mass is 9.85. The molecule has 1 aromatic rings. The summed E-state index contributed by atoms with van der Waals surface area (Å²) in [6, 6.07) is 5.86. The Kier molecular flexibility index (Phi) is 2.67. The van der Waals surface area contributed by atoms with E-state index in [1.165, 1.54) is 0 Å². The molecule has 1 aromatic carbocycles. The zero-order valence-corrected chi connectivity index (χ0v) is 9.09. The molecule has 1 atom stereocenters. The summed E-state index contributed by atoms with van der Waals surface area (Å²) in [5, 5.41) is 13.7. The summed E-state index contributed by atoms with van der Waals surface area (Å²) in [4.78, 5) is 0. The fourth-order valence-electron chi connectivity index (χ4n) is 2.23. The van der Waals surface area contributed by atoms with E-state index in [4.69, 9.17) is 5.73 Å². The lowest BCUT2D eigenvalue weighted by molar-refractivity contribution is 0.0130. The van der Waals surface area contributed by atoms with Crippen molar-refractivity contribution >= 4 is 5.69 Å². The monoisotopic (exact) mass is 206 g/mol.